The van der Waals surface area contributed by atoms with Crippen LogP contribution in [0.4, 0.5) is 5.13 Å². The number of halogens is 1. The Morgan fingerprint density at radius 3 is 2.80 bits per heavy atom. The number of thiazole rings is 1. The zero-order valence-electron chi connectivity index (χ0n) is 7.98. The lowest BCUT2D eigenvalue weighted by molar-refractivity contribution is 1.01. The maximum absolute atomic E-state index is 4.25. The topological polar surface area (TPSA) is 37.8 Å². The van der Waals surface area contributed by atoms with Crippen LogP contribution in [0.2, 0.25) is 0 Å². The van der Waals surface area contributed by atoms with Crippen molar-refractivity contribution in [3.05, 3.63) is 40.1 Å². The zero-order valence-corrected chi connectivity index (χ0v) is 10.4. The SMILES string of the molecule is Brc1csc(NCCc2ccncc2)n1. The lowest BCUT2D eigenvalue weighted by atomic mass is 10.2. The molecule has 0 aliphatic carbocycles. The van der Waals surface area contributed by atoms with Crippen molar-refractivity contribution < 1.29 is 0 Å². The largest absolute Gasteiger partial charge is 0.361 e. The van der Waals surface area contributed by atoms with E-state index in [-0.39, 0.29) is 0 Å². The summed E-state index contributed by atoms with van der Waals surface area (Å²) >= 11 is 4.92. The van der Waals surface area contributed by atoms with E-state index in [1.165, 1.54) is 5.56 Å². The molecule has 0 radical (unpaired) electrons. The van der Waals surface area contributed by atoms with Crippen LogP contribution in [0, 0.1) is 0 Å². The second-order valence-electron chi connectivity index (χ2n) is 3.01. The lowest BCUT2D eigenvalue weighted by Gasteiger charge is -2.01. The summed E-state index contributed by atoms with van der Waals surface area (Å²) in [6, 6.07) is 4.05. The maximum Gasteiger partial charge on any atom is 0.183 e. The molecule has 0 unspecified atom stereocenters. The molecule has 2 rings (SSSR count). The second kappa shape index (κ2) is 5.23. The van der Waals surface area contributed by atoms with Crippen molar-refractivity contribution in [3.63, 3.8) is 0 Å². The molecule has 0 saturated carbocycles. The lowest BCUT2D eigenvalue weighted by Crippen LogP contribution is -2.04. The minimum atomic E-state index is 0.888. The Kier molecular flexibility index (Phi) is 3.69. The quantitative estimate of drug-likeness (QED) is 0.938. The van der Waals surface area contributed by atoms with Gasteiger partial charge in [-0.2, -0.15) is 0 Å². The maximum atomic E-state index is 4.25. The van der Waals surface area contributed by atoms with Gasteiger partial charge in [0.15, 0.2) is 5.13 Å². The van der Waals surface area contributed by atoms with Crippen molar-refractivity contribution in [3.8, 4) is 0 Å². The van der Waals surface area contributed by atoms with Crippen molar-refractivity contribution >= 4 is 32.4 Å². The third-order valence-electron chi connectivity index (χ3n) is 1.92. The fourth-order valence-corrected chi connectivity index (χ4v) is 2.37. The van der Waals surface area contributed by atoms with Gasteiger partial charge in [0, 0.05) is 24.3 Å². The van der Waals surface area contributed by atoms with E-state index >= 15 is 0 Å². The highest BCUT2D eigenvalue weighted by Crippen LogP contribution is 2.19. The molecule has 0 amide bonds. The molecule has 1 N–H and O–H groups in total. The van der Waals surface area contributed by atoms with Crippen LogP contribution in [0.25, 0.3) is 0 Å². The molecule has 0 saturated heterocycles. The highest BCUT2D eigenvalue weighted by atomic mass is 79.9. The molecule has 15 heavy (non-hydrogen) atoms. The molecule has 3 nitrogen and oxygen atoms in total. The average molecular weight is 284 g/mol. The predicted molar refractivity (Wildman–Crippen MR) is 66.2 cm³/mol. The normalized spacial score (nSPS) is 10.2. The number of pyridine rings is 1. The summed E-state index contributed by atoms with van der Waals surface area (Å²) in [5.41, 5.74) is 1.29. The first kappa shape index (κ1) is 10.6. The molecule has 2 aromatic rings. The fourth-order valence-electron chi connectivity index (χ4n) is 1.20. The predicted octanol–water partition coefficient (Wildman–Crippen LogP) is 2.96. The molecule has 2 heterocycles. The van der Waals surface area contributed by atoms with Crippen molar-refractivity contribution in [2.45, 2.75) is 6.42 Å². The van der Waals surface area contributed by atoms with Crippen LogP contribution in [0.3, 0.4) is 0 Å². The van der Waals surface area contributed by atoms with Gasteiger partial charge < -0.3 is 5.32 Å². The number of nitrogens with zero attached hydrogens (tertiary/aromatic N) is 2. The molecule has 0 spiro atoms. The summed E-state index contributed by atoms with van der Waals surface area (Å²) < 4.78 is 0.888. The number of rotatable bonds is 4. The van der Waals surface area contributed by atoms with Crippen LogP contribution in [0.1, 0.15) is 5.56 Å². The molecule has 78 valence electrons. The van der Waals surface area contributed by atoms with Crippen LogP contribution >= 0.6 is 27.3 Å². The number of anilines is 1. The van der Waals surface area contributed by atoms with Gasteiger partial charge >= 0.3 is 0 Å². The number of nitrogens with one attached hydrogen (secondary N) is 1. The van der Waals surface area contributed by atoms with Gasteiger partial charge in [-0.1, -0.05) is 0 Å². The Labute approximate surface area is 101 Å². The Bertz CT molecular complexity index is 416. The molecule has 0 aliphatic heterocycles. The van der Waals surface area contributed by atoms with Crippen molar-refractivity contribution in [2.75, 3.05) is 11.9 Å². The highest BCUT2D eigenvalue weighted by molar-refractivity contribution is 9.10. The molecular formula is C10H10BrN3S. The van der Waals surface area contributed by atoms with E-state index < -0.39 is 0 Å². The molecule has 0 aliphatic rings. The molecular weight excluding hydrogens is 274 g/mol. The molecule has 5 heteroatoms. The third-order valence-corrected chi connectivity index (χ3v) is 3.42. The molecule has 0 aromatic carbocycles. The minimum absolute atomic E-state index is 0.888. The highest BCUT2D eigenvalue weighted by Gasteiger charge is 1.97. The van der Waals surface area contributed by atoms with E-state index in [0.717, 1.165) is 22.7 Å². The number of hydrogen-bond acceptors (Lipinski definition) is 4. The van der Waals surface area contributed by atoms with Crippen LogP contribution < -0.4 is 5.32 Å². The van der Waals surface area contributed by atoms with E-state index in [1.807, 2.05) is 29.9 Å². The summed E-state index contributed by atoms with van der Waals surface area (Å²) in [5.74, 6) is 0. The van der Waals surface area contributed by atoms with Crippen molar-refractivity contribution in [1.29, 1.82) is 0 Å². The summed E-state index contributed by atoms with van der Waals surface area (Å²) in [5, 5.41) is 6.19. The molecule has 0 bridgehead atoms. The second-order valence-corrected chi connectivity index (χ2v) is 4.68. The average Bonchev–Trinajstić information content (AvgIpc) is 2.66. The van der Waals surface area contributed by atoms with E-state index in [1.54, 1.807) is 11.3 Å². The van der Waals surface area contributed by atoms with Crippen LogP contribution in [-0.2, 0) is 6.42 Å². The molecule has 2 aromatic heterocycles. The minimum Gasteiger partial charge on any atom is -0.361 e. The summed E-state index contributed by atoms with van der Waals surface area (Å²) in [6.07, 6.45) is 4.62. The Morgan fingerprint density at radius 1 is 1.33 bits per heavy atom. The van der Waals surface area contributed by atoms with Crippen LogP contribution in [-0.4, -0.2) is 16.5 Å². The number of hydrogen-bond donors (Lipinski definition) is 1. The van der Waals surface area contributed by atoms with Gasteiger partial charge in [-0.05, 0) is 40.0 Å². The van der Waals surface area contributed by atoms with Gasteiger partial charge in [0.25, 0.3) is 0 Å². The first-order valence-corrected chi connectivity index (χ1v) is 6.25. The summed E-state index contributed by atoms with van der Waals surface area (Å²) in [7, 11) is 0. The Morgan fingerprint density at radius 2 is 2.13 bits per heavy atom. The Hall–Kier alpha value is -0.940. The van der Waals surface area contributed by atoms with Crippen molar-refractivity contribution in [2.24, 2.45) is 0 Å². The van der Waals surface area contributed by atoms with Gasteiger partial charge in [-0.15, -0.1) is 11.3 Å². The molecule has 0 atom stereocenters. The van der Waals surface area contributed by atoms with Crippen LogP contribution in [0.15, 0.2) is 34.5 Å². The first-order chi connectivity index (χ1) is 7.34. The monoisotopic (exact) mass is 283 g/mol. The standard InChI is InChI=1S/C10H10BrN3S/c11-9-7-15-10(14-9)13-6-3-8-1-4-12-5-2-8/h1-2,4-5,7H,3,6H2,(H,13,14). The van der Waals surface area contributed by atoms with Crippen LogP contribution in [0.5, 0.6) is 0 Å². The van der Waals surface area contributed by atoms with E-state index in [0.29, 0.717) is 0 Å². The number of aromatic nitrogens is 2. The van der Waals surface area contributed by atoms with Gasteiger partial charge in [-0.25, -0.2) is 4.98 Å². The van der Waals surface area contributed by atoms with E-state index in [4.69, 9.17) is 0 Å². The van der Waals surface area contributed by atoms with Gasteiger partial charge in [0.2, 0.25) is 0 Å². The Balaban J connectivity index is 1.80. The molecule has 0 fully saturated rings. The van der Waals surface area contributed by atoms with E-state index in [2.05, 4.69) is 31.2 Å². The first-order valence-electron chi connectivity index (χ1n) is 4.58. The summed E-state index contributed by atoms with van der Waals surface area (Å²) in [4.78, 5) is 8.23. The van der Waals surface area contributed by atoms with Crippen molar-refractivity contribution in [1.82, 2.24) is 9.97 Å². The zero-order chi connectivity index (χ0) is 10.5. The van der Waals surface area contributed by atoms with Gasteiger partial charge in [-0.3, -0.25) is 4.98 Å². The summed E-state index contributed by atoms with van der Waals surface area (Å²) in [6.45, 7) is 0.893. The fraction of sp³-hybridized carbons (Fsp3) is 0.200. The van der Waals surface area contributed by atoms with Gasteiger partial charge in [0.1, 0.15) is 4.60 Å². The smallest absolute Gasteiger partial charge is 0.183 e. The third kappa shape index (κ3) is 3.28. The van der Waals surface area contributed by atoms with Gasteiger partial charge in [0.05, 0.1) is 0 Å². The van der Waals surface area contributed by atoms with E-state index in [9.17, 15) is 0 Å².